The first-order chi connectivity index (χ1) is 14.5. The second-order valence-electron chi connectivity index (χ2n) is 8.58. The lowest BCUT2D eigenvalue weighted by Crippen LogP contribution is -2.43. The van der Waals surface area contributed by atoms with Crippen molar-refractivity contribution in [3.63, 3.8) is 0 Å². The van der Waals surface area contributed by atoms with Gasteiger partial charge in [-0.05, 0) is 49.4 Å². The van der Waals surface area contributed by atoms with Crippen LogP contribution in [0.3, 0.4) is 0 Å². The van der Waals surface area contributed by atoms with Crippen molar-refractivity contribution in [1.82, 2.24) is 5.32 Å². The van der Waals surface area contributed by atoms with E-state index in [1.807, 2.05) is 48.5 Å². The molecule has 166 valence electrons. The monoisotopic (exact) mass is 445 g/mol. The number of hydrogen-bond acceptors (Lipinski definition) is 5. The van der Waals surface area contributed by atoms with Crippen LogP contribution in [0.1, 0.15) is 44.2 Å². The zero-order valence-corrected chi connectivity index (χ0v) is 18.6. The molecule has 0 heterocycles. The van der Waals surface area contributed by atoms with Crippen LogP contribution in [0.15, 0.2) is 48.5 Å². The highest BCUT2D eigenvalue weighted by atomic mass is 32.2. The van der Waals surface area contributed by atoms with Gasteiger partial charge in [0.15, 0.2) is 9.84 Å². The maximum absolute atomic E-state index is 12.3. The third-order valence-electron chi connectivity index (χ3n) is 5.54. The Morgan fingerprint density at radius 3 is 2.03 bits per heavy atom. The zero-order chi connectivity index (χ0) is 22.8. The molecule has 7 nitrogen and oxygen atoms in total. The maximum Gasteiger partial charge on any atom is 0.407 e. The molecule has 3 rings (SSSR count). The van der Waals surface area contributed by atoms with Crippen molar-refractivity contribution in [2.45, 2.75) is 43.9 Å². The van der Waals surface area contributed by atoms with Gasteiger partial charge in [-0.15, -0.1) is 0 Å². The molecule has 1 atom stereocenters. The number of amides is 1. The van der Waals surface area contributed by atoms with E-state index in [4.69, 9.17) is 4.74 Å². The standard InChI is InChI=1S/C23H27NO6S/c1-23(2,3)31(28,29)13-12-20(21(25)26)24-22(27)30-14-19-17-10-6-4-8-15(17)16-9-5-7-11-18(16)19/h4-11,19-20H,12-14H2,1-3H3,(H,24,27)(H,25,26). The van der Waals surface area contributed by atoms with Gasteiger partial charge in [-0.3, -0.25) is 0 Å². The van der Waals surface area contributed by atoms with Crippen LogP contribution in [0.5, 0.6) is 0 Å². The Hall–Kier alpha value is -2.87. The second-order valence-corrected chi connectivity index (χ2v) is 11.4. The molecule has 2 aromatic rings. The Bertz CT molecular complexity index is 1040. The van der Waals surface area contributed by atoms with Crippen molar-refractivity contribution in [2.24, 2.45) is 0 Å². The number of fused-ring (bicyclic) bond motifs is 3. The summed E-state index contributed by atoms with van der Waals surface area (Å²) in [6, 6.07) is 14.4. The summed E-state index contributed by atoms with van der Waals surface area (Å²) in [5, 5.41) is 11.7. The lowest BCUT2D eigenvalue weighted by Gasteiger charge is -2.21. The topological polar surface area (TPSA) is 110 Å². The highest BCUT2D eigenvalue weighted by Crippen LogP contribution is 2.44. The van der Waals surface area contributed by atoms with Gasteiger partial charge in [-0.25, -0.2) is 18.0 Å². The average Bonchev–Trinajstić information content (AvgIpc) is 3.02. The molecule has 0 aromatic heterocycles. The number of carboxylic acids is 1. The molecule has 0 saturated heterocycles. The van der Waals surface area contributed by atoms with Crippen LogP contribution in [0.2, 0.25) is 0 Å². The molecule has 0 bridgehead atoms. The summed E-state index contributed by atoms with van der Waals surface area (Å²) in [7, 11) is -3.51. The Kier molecular flexibility index (Phi) is 6.40. The molecule has 2 N–H and O–H groups in total. The van der Waals surface area contributed by atoms with Gasteiger partial charge < -0.3 is 15.2 Å². The van der Waals surface area contributed by atoms with E-state index < -0.39 is 32.7 Å². The lowest BCUT2D eigenvalue weighted by molar-refractivity contribution is -0.139. The predicted octanol–water partition coefficient (Wildman–Crippen LogP) is 3.58. The van der Waals surface area contributed by atoms with Crippen LogP contribution in [0.4, 0.5) is 4.79 Å². The highest BCUT2D eigenvalue weighted by Gasteiger charge is 2.32. The van der Waals surface area contributed by atoms with Crippen molar-refractivity contribution in [1.29, 1.82) is 0 Å². The zero-order valence-electron chi connectivity index (χ0n) is 17.8. The van der Waals surface area contributed by atoms with E-state index in [0.29, 0.717) is 0 Å². The average molecular weight is 446 g/mol. The van der Waals surface area contributed by atoms with Gasteiger partial charge in [0.2, 0.25) is 0 Å². The van der Waals surface area contributed by atoms with E-state index >= 15 is 0 Å². The summed E-state index contributed by atoms with van der Waals surface area (Å²) in [4.78, 5) is 23.8. The molecule has 0 spiro atoms. The molecule has 2 aromatic carbocycles. The number of hydrogen-bond donors (Lipinski definition) is 2. The van der Waals surface area contributed by atoms with Gasteiger partial charge >= 0.3 is 12.1 Å². The Labute approximate surface area is 182 Å². The summed E-state index contributed by atoms with van der Waals surface area (Å²) in [5.41, 5.74) is 4.26. The minimum Gasteiger partial charge on any atom is -0.480 e. The molecular weight excluding hydrogens is 418 g/mol. The smallest absolute Gasteiger partial charge is 0.407 e. The normalized spacial score (nSPS) is 14.4. The molecule has 0 fully saturated rings. The fourth-order valence-electron chi connectivity index (χ4n) is 3.62. The van der Waals surface area contributed by atoms with Crippen molar-refractivity contribution >= 4 is 21.9 Å². The van der Waals surface area contributed by atoms with E-state index in [1.165, 1.54) is 0 Å². The van der Waals surface area contributed by atoms with Gasteiger partial charge in [0, 0.05) is 5.92 Å². The first-order valence-corrected chi connectivity index (χ1v) is 11.7. The van der Waals surface area contributed by atoms with Crippen LogP contribution >= 0.6 is 0 Å². The third-order valence-corrected chi connectivity index (χ3v) is 8.18. The fourth-order valence-corrected chi connectivity index (χ4v) is 4.78. The molecule has 1 amide bonds. The largest absolute Gasteiger partial charge is 0.480 e. The van der Waals surface area contributed by atoms with Crippen LogP contribution in [-0.4, -0.2) is 48.7 Å². The van der Waals surface area contributed by atoms with E-state index in [1.54, 1.807) is 20.8 Å². The Morgan fingerprint density at radius 2 is 1.55 bits per heavy atom. The van der Waals surface area contributed by atoms with Gasteiger partial charge in [-0.2, -0.15) is 0 Å². The molecule has 0 saturated carbocycles. The lowest BCUT2D eigenvalue weighted by atomic mass is 9.98. The van der Waals surface area contributed by atoms with Crippen LogP contribution < -0.4 is 5.32 Å². The molecule has 8 heteroatoms. The molecule has 0 aliphatic heterocycles. The number of carbonyl (C=O) groups is 2. The Balaban J connectivity index is 1.64. The number of alkyl carbamates (subject to hydrolysis) is 1. The molecular formula is C23H27NO6S. The van der Waals surface area contributed by atoms with E-state index in [0.717, 1.165) is 22.3 Å². The van der Waals surface area contributed by atoms with Gasteiger partial charge in [0.05, 0.1) is 10.5 Å². The number of sulfone groups is 1. The van der Waals surface area contributed by atoms with E-state index in [2.05, 4.69) is 5.32 Å². The SMILES string of the molecule is CC(C)(C)S(=O)(=O)CCC(NC(=O)OCC1c2ccccc2-c2ccccc21)C(=O)O. The van der Waals surface area contributed by atoms with Gasteiger partial charge in [-0.1, -0.05) is 48.5 Å². The number of nitrogens with one attached hydrogen (secondary N) is 1. The van der Waals surface area contributed by atoms with Crippen LogP contribution in [0.25, 0.3) is 11.1 Å². The van der Waals surface area contributed by atoms with Crippen molar-refractivity contribution in [2.75, 3.05) is 12.4 Å². The van der Waals surface area contributed by atoms with Crippen molar-refractivity contribution < 1.29 is 27.9 Å². The van der Waals surface area contributed by atoms with Crippen molar-refractivity contribution in [3.8, 4) is 11.1 Å². The molecule has 1 aliphatic rings. The summed E-state index contributed by atoms with van der Waals surface area (Å²) < 4.78 is 28.9. The number of carboxylic acid groups (broad SMARTS) is 1. The minimum absolute atomic E-state index is 0.0481. The number of carbonyl (C=O) groups excluding carboxylic acids is 1. The molecule has 31 heavy (non-hydrogen) atoms. The second kappa shape index (κ2) is 8.70. The van der Waals surface area contributed by atoms with E-state index in [9.17, 15) is 23.1 Å². The fraction of sp³-hybridized carbons (Fsp3) is 0.391. The summed E-state index contributed by atoms with van der Waals surface area (Å²) >= 11 is 0. The van der Waals surface area contributed by atoms with Crippen LogP contribution in [0, 0.1) is 0 Å². The Morgan fingerprint density at radius 1 is 1.03 bits per heavy atom. The molecule has 1 unspecified atom stereocenters. The van der Waals surface area contributed by atoms with E-state index in [-0.39, 0.29) is 24.7 Å². The quantitative estimate of drug-likeness (QED) is 0.674. The molecule has 1 aliphatic carbocycles. The van der Waals surface area contributed by atoms with Gasteiger partial charge in [0.1, 0.15) is 12.6 Å². The minimum atomic E-state index is -3.51. The number of rotatable bonds is 7. The number of aliphatic carboxylic acids is 1. The molecule has 0 radical (unpaired) electrons. The maximum atomic E-state index is 12.3. The summed E-state index contributed by atoms with van der Waals surface area (Å²) in [6.45, 7) is 4.71. The van der Waals surface area contributed by atoms with Gasteiger partial charge in [0.25, 0.3) is 0 Å². The first kappa shape index (κ1) is 22.8. The predicted molar refractivity (Wildman–Crippen MR) is 118 cm³/mol. The summed E-state index contributed by atoms with van der Waals surface area (Å²) in [6.07, 6.45) is -1.12. The number of ether oxygens (including phenoxy) is 1. The van der Waals surface area contributed by atoms with Crippen molar-refractivity contribution in [3.05, 3.63) is 59.7 Å². The first-order valence-electron chi connectivity index (χ1n) is 10.1. The number of benzene rings is 2. The third kappa shape index (κ3) is 4.90. The summed E-state index contributed by atoms with van der Waals surface area (Å²) in [5.74, 6) is -1.81. The highest BCUT2D eigenvalue weighted by molar-refractivity contribution is 7.92. The van der Waals surface area contributed by atoms with Crippen LogP contribution in [-0.2, 0) is 19.4 Å².